The van der Waals surface area contributed by atoms with E-state index in [-0.39, 0.29) is 47.2 Å². The molecule has 0 aliphatic carbocycles. The van der Waals surface area contributed by atoms with Crippen LogP contribution in [0.25, 0.3) is 0 Å². The summed E-state index contributed by atoms with van der Waals surface area (Å²) in [6.07, 6.45) is 1.68. The van der Waals surface area contributed by atoms with Crippen LogP contribution in [-0.4, -0.2) is 43.9 Å². The number of hydrogen-bond acceptors (Lipinski definition) is 6. The van der Waals surface area contributed by atoms with Gasteiger partial charge in [0.05, 0.1) is 18.1 Å². The molecule has 2 N–H and O–H groups in total. The molecule has 24 heavy (non-hydrogen) atoms. The van der Waals surface area contributed by atoms with Crippen LogP contribution in [0.15, 0.2) is 23.1 Å². The molecule has 0 saturated carbocycles. The number of benzene rings is 1. The van der Waals surface area contributed by atoms with Crippen LogP contribution in [0, 0.1) is 16.0 Å². The monoisotopic (exact) mass is 379 g/mol. The van der Waals surface area contributed by atoms with Crippen LogP contribution in [0.2, 0.25) is 0 Å². The normalized spacial score (nSPS) is 21.8. The molecule has 1 saturated heterocycles. The van der Waals surface area contributed by atoms with Crippen molar-refractivity contribution in [1.29, 1.82) is 0 Å². The second kappa shape index (κ2) is 8.11. The number of hydrogen-bond donors (Lipinski definition) is 1. The lowest BCUT2D eigenvalue weighted by atomic mass is 9.93. The Morgan fingerprint density at radius 1 is 1.46 bits per heavy atom. The number of ether oxygens (including phenoxy) is 1. The lowest BCUT2D eigenvalue weighted by Gasteiger charge is -2.38. The Bertz CT molecular complexity index is 698. The van der Waals surface area contributed by atoms with Crippen molar-refractivity contribution in [3.05, 3.63) is 28.3 Å². The molecule has 2 rings (SSSR count). The van der Waals surface area contributed by atoms with Gasteiger partial charge in [0.15, 0.2) is 0 Å². The highest BCUT2D eigenvalue weighted by Gasteiger charge is 2.38. The maximum absolute atomic E-state index is 13.0. The summed E-state index contributed by atoms with van der Waals surface area (Å²) in [5, 5.41) is 10.8. The van der Waals surface area contributed by atoms with Gasteiger partial charge < -0.3 is 10.5 Å². The van der Waals surface area contributed by atoms with Crippen molar-refractivity contribution in [3.8, 4) is 5.75 Å². The molecular weight excluding hydrogens is 358 g/mol. The van der Waals surface area contributed by atoms with E-state index in [2.05, 4.69) is 0 Å². The van der Waals surface area contributed by atoms with Gasteiger partial charge in [-0.1, -0.05) is 6.92 Å². The Labute approximate surface area is 147 Å². The van der Waals surface area contributed by atoms with Crippen molar-refractivity contribution in [2.24, 2.45) is 11.7 Å². The first kappa shape index (κ1) is 20.6. The van der Waals surface area contributed by atoms with E-state index in [0.717, 1.165) is 18.9 Å². The minimum absolute atomic E-state index is 0. The highest BCUT2D eigenvalue weighted by atomic mass is 35.5. The van der Waals surface area contributed by atoms with Crippen LogP contribution in [0.3, 0.4) is 0 Å². The smallest absolute Gasteiger partial charge is 0.273 e. The van der Waals surface area contributed by atoms with Gasteiger partial charge in [-0.15, -0.1) is 12.4 Å². The van der Waals surface area contributed by atoms with E-state index < -0.39 is 14.9 Å². The van der Waals surface area contributed by atoms with Crippen molar-refractivity contribution in [3.63, 3.8) is 0 Å². The summed E-state index contributed by atoms with van der Waals surface area (Å²) in [6, 6.07) is 3.23. The molecule has 2 unspecified atom stereocenters. The first-order valence-electron chi connectivity index (χ1n) is 7.37. The van der Waals surface area contributed by atoms with E-state index in [4.69, 9.17) is 10.5 Å². The molecule has 0 bridgehead atoms. The number of nitrogens with zero attached hydrogens (tertiary/aromatic N) is 2. The number of methoxy groups -OCH3 is 1. The second-order valence-corrected chi connectivity index (χ2v) is 7.49. The van der Waals surface area contributed by atoms with Crippen molar-refractivity contribution >= 4 is 28.1 Å². The van der Waals surface area contributed by atoms with Crippen LogP contribution in [-0.2, 0) is 10.0 Å². The molecule has 1 aliphatic heterocycles. The quantitative estimate of drug-likeness (QED) is 0.615. The lowest BCUT2D eigenvalue weighted by Crippen LogP contribution is -2.51. The van der Waals surface area contributed by atoms with E-state index in [1.54, 1.807) is 0 Å². The average molecular weight is 380 g/mol. The van der Waals surface area contributed by atoms with E-state index in [9.17, 15) is 18.5 Å². The van der Waals surface area contributed by atoms with Crippen molar-refractivity contribution in [2.45, 2.75) is 30.7 Å². The molecular formula is C14H22ClN3O5S. The highest BCUT2D eigenvalue weighted by Crippen LogP contribution is 2.34. The molecule has 8 nitrogen and oxygen atoms in total. The van der Waals surface area contributed by atoms with E-state index in [1.807, 2.05) is 6.92 Å². The van der Waals surface area contributed by atoms with E-state index >= 15 is 0 Å². The number of nitro groups is 1. The minimum Gasteiger partial charge on any atom is -0.495 e. The Morgan fingerprint density at radius 3 is 2.67 bits per heavy atom. The molecule has 0 radical (unpaired) electrons. The summed E-state index contributed by atoms with van der Waals surface area (Å²) < 4.78 is 32.4. The molecule has 2 atom stereocenters. The summed E-state index contributed by atoms with van der Waals surface area (Å²) in [7, 11) is -2.55. The Kier molecular flexibility index (Phi) is 6.97. The first-order chi connectivity index (χ1) is 10.8. The Hall–Kier alpha value is -1.42. The third-order valence-electron chi connectivity index (χ3n) is 4.25. The number of halogens is 1. The van der Waals surface area contributed by atoms with Crippen LogP contribution in [0.1, 0.15) is 19.8 Å². The number of non-ortho nitro benzene ring substituents is 1. The number of rotatable bonds is 5. The zero-order valence-corrected chi connectivity index (χ0v) is 15.2. The summed E-state index contributed by atoms with van der Waals surface area (Å²) in [6.45, 7) is 2.59. The maximum Gasteiger partial charge on any atom is 0.273 e. The van der Waals surface area contributed by atoms with Gasteiger partial charge in [-0.05, 0) is 24.8 Å². The fourth-order valence-corrected chi connectivity index (χ4v) is 4.88. The Morgan fingerprint density at radius 2 is 2.12 bits per heavy atom. The number of sulfonamides is 1. The van der Waals surface area contributed by atoms with Crippen LogP contribution >= 0.6 is 12.4 Å². The predicted octanol–water partition coefficient (Wildman–Crippen LogP) is 1.77. The molecule has 0 amide bonds. The fraction of sp³-hybridized carbons (Fsp3) is 0.571. The van der Waals surface area contributed by atoms with Crippen molar-refractivity contribution in [1.82, 2.24) is 4.31 Å². The number of nitro benzene ring substituents is 1. The second-order valence-electron chi connectivity index (χ2n) is 5.63. The third kappa shape index (κ3) is 3.80. The standard InChI is InChI=1S/C14H21N3O5S.ClH/c1-10-4-3-7-16(12(10)9-15)23(20,21)14-6-5-11(17(18)19)8-13(14)22-2;/h5-6,8,10,12H,3-4,7,9,15H2,1-2H3;1H. The van der Waals surface area contributed by atoms with Gasteiger partial charge in [0, 0.05) is 25.2 Å². The summed E-state index contributed by atoms with van der Waals surface area (Å²) >= 11 is 0. The van der Waals surface area contributed by atoms with Gasteiger partial charge in [0.1, 0.15) is 10.6 Å². The van der Waals surface area contributed by atoms with Crippen LogP contribution in [0.5, 0.6) is 5.75 Å². The van der Waals surface area contributed by atoms with Crippen LogP contribution in [0.4, 0.5) is 5.69 Å². The zero-order chi connectivity index (χ0) is 17.2. The van der Waals surface area contributed by atoms with Crippen molar-refractivity contribution in [2.75, 3.05) is 20.2 Å². The lowest BCUT2D eigenvalue weighted by molar-refractivity contribution is -0.385. The molecule has 1 aliphatic rings. The van der Waals surface area contributed by atoms with Gasteiger partial charge in [0.2, 0.25) is 10.0 Å². The van der Waals surface area contributed by atoms with Gasteiger partial charge in [-0.2, -0.15) is 4.31 Å². The Balaban J connectivity index is 0.00000288. The number of piperidine rings is 1. The topological polar surface area (TPSA) is 116 Å². The SMILES string of the molecule is COc1cc([N+](=O)[O-])ccc1S(=O)(=O)N1CCCC(C)C1CN.Cl. The van der Waals surface area contributed by atoms with Gasteiger partial charge in [-0.3, -0.25) is 10.1 Å². The average Bonchev–Trinajstić information content (AvgIpc) is 2.53. The molecule has 1 aromatic rings. The molecule has 0 spiro atoms. The van der Waals surface area contributed by atoms with Crippen molar-refractivity contribution < 1.29 is 18.1 Å². The van der Waals surface area contributed by atoms with Crippen LogP contribution < -0.4 is 10.5 Å². The van der Waals surface area contributed by atoms with E-state index in [0.29, 0.717) is 6.54 Å². The molecule has 1 heterocycles. The zero-order valence-electron chi connectivity index (χ0n) is 13.5. The number of nitrogens with two attached hydrogens (primary N) is 1. The highest BCUT2D eigenvalue weighted by molar-refractivity contribution is 7.89. The van der Waals surface area contributed by atoms with Gasteiger partial charge in [-0.25, -0.2) is 8.42 Å². The molecule has 0 aromatic heterocycles. The predicted molar refractivity (Wildman–Crippen MR) is 92.0 cm³/mol. The molecule has 1 aromatic carbocycles. The van der Waals surface area contributed by atoms with E-state index in [1.165, 1.54) is 23.5 Å². The van der Waals surface area contributed by atoms with Gasteiger partial charge >= 0.3 is 0 Å². The third-order valence-corrected chi connectivity index (χ3v) is 6.21. The van der Waals surface area contributed by atoms with Gasteiger partial charge in [0.25, 0.3) is 5.69 Å². The fourth-order valence-electron chi connectivity index (χ4n) is 2.97. The summed E-state index contributed by atoms with van der Waals surface area (Å²) in [4.78, 5) is 10.2. The molecule has 1 fully saturated rings. The largest absolute Gasteiger partial charge is 0.495 e. The first-order valence-corrected chi connectivity index (χ1v) is 8.81. The summed E-state index contributed by atoms with van der Waals surface area (Å²) in [5.74, 6) is 0.126. The molecule has 136 valence electrons. The minimum atomic E-state index is -3.84. The molecule has 10 heteroatoms. The summed E-state index contributed by atoms with van der Waals surface area (Å²) in [5.41, 5.74) is 5.55. The maximum atomic E-state index is 13.0.